The maximum atomic E-state index is 8.67. The topological polar surface area (TPSA) is 32.3 Å². The second kappa shape index (κ2) is 3.74. The molecule has 2 nitrogen and oxygen atoms in total. The number of nitrogens with one attached hydrogen (secondary N) is 1. The van der Waals surface area contributed by atoms with E-state index in [0.717, 1.165) is 25.9 Å². The maximum Gasteiger partial charge on any atom is 0.0436 e. The molecular weight excluding hydrogens is 126 g/mol. The van der Waals surface area contributed by atoms with Gasteiger partial charge in [0.25, 0.3) is 0 Å². The van der Waals surface area contributed by atoms with Crippen molar-refractivity contribution in [3.05, 3.63) is 12.2 Å². The lowest BCUT2D eigenvalue weighted by atomic mass is 9.91. The lowest BCUT2D eigenvalue weighted by Crippen LogP contribution is -2.30. The van der Waals surface area contributed by atoms with Crippen LogP contribution in [0, 0.1) is 5.92 Å². The Bertz CT molecular complexity index is 120. The minimum Gasteiger partial charge on any atom is -0.396 e. The van der Waals surface area contributed by atoms with E-state index in [-0.39, 0.29) is 0 Å². The van der Waals surface area contributed by atoms with Gasteiger partial charge in [0.2, 0.25) is 0 Å². The first-order chi connectivity index (χ1) is 4.84. The fraction of sp³-hybridized carbons (Fsp3) is 0.750. The van der Waals surface area contributed by atoms with Crippen LogP contribution in [0.25, 0.3) is 0 Å². The first kappa shape index (κ1) is 7.76. The number of piperidine rings is 1. The molecule has 0 spiro atoms. The molecule has 2 N–H and O–H groups in total. The normalized spacial score (nSPS) is 26.9. The molecule has 0 amide bonds. The van der Waals surface area contributed by atoms with E-state index >= 15 is 0 Å². The number of aliphatic hydroxyl groups excluding tert-OH is 1. The quantitative estimate of drug-likeness (QED) is 0.550. The Labute approximate surface area is 61.9 Å². The molecule has 0 aromatic carbocycles. The summed E-state index contributed by atoms with van der Waals surface area (Å²) in [5, 5.41) is 11.9. The summed E-state index contributed by atoms with van der Waals surface area (Å²) >= 11 is 0. The van der Waals surface area contributed by atoms with Crippen molar-refractivity contribution in [2.45, 2.75) is 12.8 Å². The third-order valence-electron chi connectivity index (χ3n) is 2.08. The minimum absolute atomic E-state index is 0.295. The Balaban J connectivity index is 2.32. The van der Waals surface area contributed by atoms with Crippen molar-refractivity contribution >= 4 is 0 Å². The fourth-order valence-electron chi connectivity index (χ4n) is 1.38. The molecular formula is C8H15NO. The summed E-state index contributed by atoms with van der Waals surface area (Å²) in [6.45, 7) is 6.24. The molecule has 0 aromatic rings. The second-order valence-electron chi connectivity index (χ2n) is 2.83. The molecule has 1 heterocycles. The highest BCUT2D eigenvalue weighted by molar-refractivity contribution is 5.05. The molecule has 1 aliphatic heterocycles. The highest BCUT2D eigenvalue weighted by Crippen LogP contribution is 2.19. The van der Waals surface area contributed by atoms with E-state index < -0.39 is 0 Å². The van der Waals surface area contributed by atoms with E-state index in [1.165, 1.54) is 5.57 Å². The summed E-state index contributed by atoms with van der Waals surface area (Å²) in [6, 6.07) is 0. The highest BCUT2D eigenvalue weighted by atomic mass is 16.3. The molecule has 58 valence electrons. The van der Waals surface area contributed by atoms with Crippen LogP contribution < -0.4 is 5.32 Å². The molecule has 1 aliphatic rings. The Morgan fingerprint density at radius 3 is 3.10 bits per heavy atom. The number of rotatable bonds is 2. The van der Waals surface area contributed by atoms with Crippen molar-refractivity contribution in [3.8, 4) is 0 Å². The lowest BCUT2D eigenvalue weighted by molar-refractivity contribution is 0.257. The van der Waals surface area contributed by atoms with Crippen molar-refractivity contribution in [2.24, 2.45) is 5.92 Å². The predicted octanol–water partition coefficient (Wildman–Crippen LogP) is 0.534. The summed E-state index contributed by atoms with van der Waals surface area (Å²) in [4.78, 5) is 0. The van der Waals surface area contributed by atoms with E-state index in [1.54, 1.807) is 0 Å². The van der Waals surface area contributed by atoms with E-state index in [0.29, 0.717) is 12.5 Å². The third kappa shape index (κ3) is 1.82. The molecule has 10 heavy (non-hydrogen) atoms. The summed E-state index contributed by atoms with van der Waals surface area (Å²) in [5.41, 5.74) is 1.25. The molecule has 0 saturated carbocycles. The van der Waals surface area contributed by atoms with Crippen molar-refractivity contribution in [2.75, 3.05) is 19.7 Å². The summed E-state index contributed by atoms with van der Waals surface area (Å²) < 4.78 is 0. The molecule has 0 aliphatic carbocycles. The lowest BCUT2D eigenvalue weighted by Gasteiger charge is -2.24. The number of hydrogen-bond donors (Lipinski definition) is 2. The van der Waals surface area contributed by atoms with Gasteiger partial charge in [-0.2, -0.15) is 0 Å². The monoisotopic (exact) mass is 141 g/mol. The molecule has 1 rings (SSSR count). The van der Waals surface area contributed by atoms with Crippen LogP contribution in [0.3, 0.4) is 0 Å². The van der Waals surface area contributed by atoms with E-state index in [1.807, 2.05) is 0 Å². The first-order valence-corrected chi connectivity index (χ1v) is 3.84. The average molecular weight is 141 g/mol. The Morgan fingerprint density at radius 1 is 1.70 bits per heavy atom. The fourth-order valence-corrected chi connectivity index (χ4v) is 1.38. The van der Waals surface area contributed by atoms with Gasteiger partial charge in [-0.15, -0.1) is 0 Å². The van der Waals surface area contributed by atoms with Gasteiger partial charge in [-0.3, -0.25) is 0 Å². The minimum atomic E-state index is 0.295. The SMILES string of the molecule is C=C1CNCCC1CCO. The van der Waals surface area contributed by atoms with Crippen molar-refractivity contribution in [1.82, 2.24) is 5.32 Å². The molecule has 1 fully saturated rings. The zero-order valence-corrected chi connectivity index (χ0v) is 6.27. The van der Waals surface area contributed by atoms with Gasteiger partial charge < -0.3 is 10.4 Å². The van der Waals surface area contributed by atoms with Crippen LogP contribution in [-0.4, -0.2) is 24.8 Å². The van der Waals surface area contributed by atoms with Gasteiger partial charge in [-0.05, 0) is 25.3 Å². The molecule has 1 unspecified atom stereocenters. The zero-order valence-electron chi connectivity index (χ0n) is 6.27. The number of aliphatic hydroxyl groups is 1. The second-order valence-corrected chi connectivity index (χ2v) is 2.83. The third-order valence-corrected chi connectivity index (χ3v) is 2.08. The van der Waals surface area contributed by atoms with Crippen LogP contribution in [0.5, 0.6) is 0 Å². The standard InChI is InChI=1S/C8H15NO/c1-7-6-9-4-2-8(7)3-5-10/h8-10H,1-6H2. The Hall–Kier alpha value is -0.340. The predicted molar refractivity (Wildman–Crippen MR) is 41.8 cm³/mol. The summed E-state index contributed by atoms with van der Waals surface area (Å²) in [5.74, 6) is 0.561. The van der Waals surface area contributed by atoms with Crippen LogP contribution >= 0.6 is 0 Å². The Morgan fingerprint density at radius 2 is 2.50 bits per heavy atom. The molecule has 0 bridgehead atoms. The van der Waals surface area contributed by atoms with Gasteiger partial charge in [0.15, 0.2) is 0 Å². The molecule has 2 heteroatoms. The van der Waals surface area contributed by atoms with Crippen molar-refractivity contribution < 1.29 is 5.11 Å². The van der Waals surface area contributed by atoms with Gasteiger partial charge in [0, 0.05) is 13.2 Å². The highest BCUT2D eigenvalue weighted by Gasteiger charge is 2.15. The summed E-state index contributed by atoms with van der Waals surface area (Å²) in [6.07, 6.45) is 2.03. The van der Waals surface area contributed by atoms with E-state index in [9.17, 15) is 0 Å². The number of hydrogen-bond acceptors (Lipinski definition) is 2. The zero-order chi connectivity index (χ0) is 7.40. The van der Waals surface area contributed by atoms with Gasteiger partial charge in [0.05, 0.1) is 0 Å². The first-order valence-electron chi connectivity index (χ1n) is 3.84. The van der Waals surface area contributed by atoms with Crippen LogP contribution in [0.2, 0.25) is 0 Å². The van der Waals surface area contributed by atoms with E-state index in [4.69, 9.17) is 5.11 Å². The smallest absolute Gasteiger partial charge is 0.0436 e. The molecule has 0 aromatic heterocycles. The van der Waals surface area contributed by atoms with Crippen LogP contribution in [0.1, 0.15) is 12.8 Å². The molecule has 1 atom stereocenters. The Kier molecular flexibility index (Phi) is 2.90. The van der Waals surface area contributed by atoms with Crippen molar-refractivity contribution in [3.63, 3.8) is 0 Å². The molecule has 1 saturated heterocycles. The maximum absolute atomic E-state index is 8.67. The van der Waals surface area contributed by atoms with Gasteiger partial charge in [0.1, 0.15) is 0 Å². The van der Waals surface area contributed by atoms with Gasteiger partial charge in [-0.25, -0.2) is 0 Å². The van der Waals surface area contributed by atoms with Crippen LogP contribution in [0.4, 0.5) is 0 Å². The van der Waals surface area contributed by atoms with Crippen molar-refractivity contribution in [1.29, 1.82) is 0 Å². The van der Waals surface area contributed by atoms with Crippen LogP contribution in [0.15, 0.2) is 12.2 Å². The van der Waals surface area contributed by atoms with Gasteiger partial charge >= 0.3 is 0 Å². The summed E-state index contributed by atoms with van der Waals surface area (Å²) in [7, 11) is 0. The van der Waals surface area contributed by atoms with Gasteiger partial charge in [-0.1, -0.05) is 12.2 Å². The average Bonchev–Trinajstić information content (AvgIpc) is 1.94. The van der Waals surface area contributed by atoms with E-state index in [2.05, 4.69) is 11.9 Å². The molecule has 0 radical (unpaired) electrons. The largest absolute Gasteiger partial charge is 0.396 e. The van der Waals surface area contributed by atoms with Crippen LogP contribution in [-0.2, 0) is 0 Å².